The molecule has 3 heterocycles. The van der Waals surface area contributed by atoms with Gasteiger partial charge in [-0.3, -0.25) is 9.59 Å². The summed E-state index contributed by atoms with van der Waals surface area (Å²) in [6.07, 6.45) is 2.85. The zero-order valence-electron chi connectivity index (χ0n) is 16.7. The van der Waals surface area contributed by atoms with Gasteiger partial charge >= 0.3 is 5.97 Å². The first kappa shape index (κ1) is 19.0. The van der Waals surface area contributed by atoms with Gasteiger partial charge in [0, 0.05) is 42.7 Å². The quantitative estimate of drug-likeness (QED) is 0.741. The van der Waals surface area contributed by atoms with Gasteiger partial charge in [-0.15, -0.1) is 0 Å². The Kier molecular flexibility index (Phi) is 4.70. The first-order valence-corrected chi connectivity index (χ1v) is 10.2. The summed E-state index contributed by atoms with van der Waals surface area (Å²) in [5.41, 5.74) is 3.02. The minimum atomic E-state index is -0.841. The molecular weight excluding hydrogens is 354 g/mol. The predicted octanol–water partition coefficient (Wildman–Crippen LogP) is 3.02. The number of carboxylic acids is 1. The fourth-order valence-corrected chi connectivity index (χ4v) is 4.91. The normalized spacial score (nSPS) is 23.7. The number of hydrogen-bond donors (Lipinski definition) is 3. The third-order valence-electron chi connectivity index (χ3n) is 6.76. The first-order chi connectivity index (χ1) is 13.4. The van der Waals surface area contributed by atoms with Crippen LogP contribution in [-0.4, -0.2) is 46.5 Å². The Labute approximate surface area is 165 Å². The van der Waals surface area contributed by atoms with Crippen LogP contribution in [0.1, 0.15) is 50.8 Å². The number of aliphatic carboxylic acids is 1. The second-order valence-electron chi connectivity index (χ2n) is 8.76. The van der Waals surface area contributed by atoms with E-state index >= 15 is 0 Å². The van der Waals surface area contributed by atoms with Crippen molar-refractivity contribution >= 4 is 22.8 Å². The number of carbonyl (C=O) groups is 2. The van der Waals surface area contributed by atoms with Crippen LogP contribution >= 0.6 is 0 Å². The fourth-order valence-electron chi connectivity index (χ4n) is 4.91. The summed E-state index contributed by atoms with van der Waals surface area (Å²) in [5, 5.41) is 14.2. The molecule has 2 aliphatic rings. The van der Waals surface area contributed by atoms with E-state index in [-0.39, 0.29) is 24.3 Å². The van der Waals surface area contributed by atoms with Crippen molar-refractivity contribution in [3.05, 3.63) is 35.5 Å². The first-order valence-electron chi connectivity index (χ1n) is 10.2. The number of H-pyrrole nitrogens is 1. The molecule has 0 saturated carbocycles. The van der Waals surface area contributed by atoms with Crippen LogP contribution in [0.3, 0.4) is 0 Å². The average molecular weight is 383 g/mol. The Balaban J connectivity index is 1.56. The van der Waals surface area contributed by atoms with Crippen LogP contribution < -0.4 is 5.32 Å². The zero-order chi connectivity index (χ0) is 19.9. The highest BCUT2D eigenvalue weighted by atomic mass is 16.4. The van der Waals surface area contributed by atoms with Crippen LogP contribution in [0.2, 0.25) is 0 Å². The minimum Gasteiger partial charge on any atom is -0.481 e. The summed E-state index contributed by atoms with van der Waals surface area (Å²) in [6.45, 7) is 6.11. The molecule has 1 amide bonds. The monoisotopic (exact) mass is 383 g/mol. The molecular formula is C22H29N3O3. The van der Waals surface area contributed by atoms with E-state index in [2.05, 4.69) is 28.5 Å². The van der Waals surface area contributed by atoms with Gasteiger partial charge in [-0.05, 0) is 36.3 Å². The number of amides is 1. The molecule has 3 N–H and O–H groups in total. The van der Waals surface area contributed by atoms with Crippen molar-refractivity contribution in [3.8, 4) is 0 Å². The van der Waals surface area contributed by atoms with Crippen LogP contribution in [0, 0.1) is 5.41 Å². The smallest absolute Gasteiger partial charge is 0.303 e. The molecule has 150 valence electrons. The molecule has 4 rings (SSSR count). The fraction of sp³-hybridized carbons (Fsp3) is 0.545. The molecule has 1 aromatic carbocycles. The predicted molar refractivity (Wildman–Crippen MR) is 108 cm³/mol. The third-order valence-corrected chi connectivity index (χ3v) is 6.76. The summed E-state index contributed by atoms with van der Waals surface area (Å²) < 4.78 is 0. The maximum Gasteiger partial charge on any atom is 0.303 e. The number of fused-ring (bicyclic) bond motifs is 4. The number of para-hydroxylation sites is 1. The molecule has 0 radical (unpaired) electrons. The van der Waals surface area contributed by atoms with Crippen molar-refractivity contribution in [2.75, 3.05) is 19.6 Å². The topological polar surface area (TPSA) is 85.4 Å². The Morgan fingerprint density at radius 2 is 2.07 bits per heavy atom. The number of likely N-dealkylation sites (tertiary alicyclic amines) is 1. The highest BCUT2D eigenvalue weighted by molar-refractivity contribution is 5.85. The maximum absolute atomic E-state index is 13.0. The second kappa shape index (κ2) is 6.92. The van der Waals surface area contributed by atoms with Gasteiger partial charge in [0.2, 0.25) is 5.91 Å². The molecule has 0 aliphatic carbocycles. The second-order valence-corrected chi connectivity index (χ2v) is 8.76. The number of carboxylic acid groups (broad SMARTS) is 1. The van der Waals surface area contributed by atoms with Crippen molar-refractivity contribution in [1.29, 1.82) is 0 Å². The summed E-state index contributed by atoms with van der Waals surface area (Å²) in [4.78, 5) is 29.7. The average Bonchev–Trinajstić information content (AvgIpc) is 3.25. The van der Waals surface area contributed by atoms with Gasteiger partial charge in [-0.25, -0.2) is 0 Å². The number of rotatable bonds is 5. The lowest BCUT2D eigenvalue weighted by Crippen LogP contribution is -2.50. The number of hydrogen-bond acceptors (Lipinski definition) is 3. The third kappa shape index (κ3) is 3.20. The Morgan fingerprint density at radius 1 is 1.29 bits per heavy atom. The molecule has 6 nitrogen and oxygen atoms in total. The zero-order valence-corrected chi connectivity index (χ0v) is 16.7. The van der Waals surface area contributed by atoms with Crippen LogP contribution in [0.15, 0.2) is 24.3 Å². The Morgan fingerprint density at radius 3 is 2.82 bits per heavy atom. The lowest BCUT2D eigenvalue weighted by Gasteiger charge is -2.35. The molecule has 1 saturated heterocycles. The number of nitrogens with one attached hydrogen (secondary N) is 2. The van der Waals surface area contributed by atoms with E-state index in [9.17, 15) is 14.7 Å². The Bertz CT molecular complexity index is 921. The summed E-state index contributed by atoms with van der Waals surface area (Å²) in [5.74, 6) is -0.779. The van der Waals surface area contributed by atoms with Crippen LogP contribution in [0.5, 0.6) is 0 Å². The van der Waals surface area contributed by atoms with E-state index < -0.39 is 11.4 Å². The van der Waals surface area contributed by atoms with Gasteiger partial charge in [-0.1, -0.05) is 32.0 Å². The van der Waals surface area contributed by atoms with Gasteiger partial charge in [0.15, 0.2) is 0 Å². The number of aromatic amines is 1. The lowest BCUT2D eigenvalue weighted by molar-refractivity contribution is -0.141. The number of carbonyl (C=O) groups excluding carboxylic acids is 1. The van der Waals surface area contributed by atoms with Crippen LogP contribution in [-0.2, 0) is 21.5 Å². The van der Waals surface area contributed by atoms with Gasteiger partial charge in [0.25, 0.3) is 0 Å². The van der Waals surface area contributed by atoms with Crippen molar-refractivity contribution in [3.63, 3.8) is 0 Å². The lowest BCUT2D eigenvalue weighted by atomic mass is 9.80. The van der Waals surface area contributed by atoms with Crippen LogP contribution in [0.4, 0.5) is 0 Å². The van der Waals surface area contributed by atoms with E-state index in [1.54, 1.807) is 0 Å². The SMILES string of the molecule is CCC(C)(CC(=O)O)CC(=O)N1CCC2(C1)NCCc1c2[nH]c2ccccc12. The van der Waals surface area contributed by atoms with Gasteiger partial charge in [0.05, 0.1) is 12.0 Å². The maximum atomic E-state index is 13.0. The number of nitrogens with zero attached hydrogens (tertiary/aromatic N) is 1. The van der Waals surface area contributed by atoms with Crippen molar-refractivity contribution in [2.24, 2.45) is 5.41 Å². The van der Waals surface area contributed by atoms with E-state index in [4.69, 9.17) is 0 Å². The van der Waals surface area contributed by atoms with E-state index in [1.807, 2.05) is 24.8 Å². The van der Waals surface area contributed by atoms with Crippen molar-refractivity contribution in [2.45, 2.75) is 51.5 Å². The molecule has 1 aromatic heterocycles. The highest BCUT2D eigenvalue weighted by Crippen LogP contribution is 2.40. The molecule has 2 atom stereocenters. The molecule has 2 unspecified atom stereocenters. The van der Waals surface area contributed by atoms with Gasteiger partial charge < -0.3 is 20.3 Å². The highest BCUT2D eigenvalue weighted by Gasteiger charge is 2.46. The summed E-state index contributed by atoms with van der Waals surface area (Å²) >= 11 is 0. The molecule has 1 fully saturated rings. The molecule has 2 aromatic rings. The molecule has 28 heavy (non-hydrogen) atoms. The van der Waals surface area contributed by atoms with E-state index in [0.717, 1.165) is 24.9 Å². The molecule has 1 spiro atoms. The van der Waals surface area contributed by atoms with E-state index in [0.29, 0.717) is 19.5 Å². The van der Waals surface area contributed by atoms with Gasteiger partial charge in [-0.2, -0.15) is 0 Å². The van der Waals surface area contributed by atoms with E-state index in [1.165, 1.54) is 16.6 Å². The molecule has 6 heteroatoms. The summed E-state index contributed by atoms with van der Waals surface area (Å²) in [7, 11) is 0. The Hall–Kier alpha value is -2.34. The number of aromatic nitrogens is 1. The summed E-state index contributed by atoms with van der Waals surface area (Å²) in [6, 6.07) is 8.39. The molecule has 0 bridgehead atoms. The van der Waals surface area contributed by atoms with Crippen molar-refractivity contribution < 1.29 is 14.7 Å². The standard InChI is InChI=1S/C22H29N3O3/c1-3-21(2,13-19(27)28)12-18(26)25-11-9-22(14-25)20-16(8-10-23-22)15-6-4-5-7-17(15)24-20/h4-7,23-24H,3,8-14H2,1-2H3,(H,27,28). The van der Waals surface area contributed by atoms with Crippen molar-refractivity contribution in [1.82, 2.24) is 15.2 Å². The largest absolute Gasteiger partial charge is 0.481 e. The molecule has 2 aliphatic heterocycles. The minimum absolute atomic E-state index is 0.0264. The number of benzene rings is 1. The van der Waals surface area contributed by atoms with Gasteiger partial charge in [0.1, 0.15) is 0 Å². The van der Waals surface area contributed by atoms with Crippen LogP contribution in [0.25, 0.3) is 10.9 Å².